The van der Waals surface area contributed by atoms with Crippen LogP contribution in [0.2, 0.25) is 0 Å². The molecule has 3 saturated heterocycles. The van der Waals surface area contributed by atoms with Crippen LogP contribution in [-0.4, -0.2) is 59.5 Å². The third-order valence-electron chi connectivity index (χ3n) is 6.00. The van der Waals surface area contributed by atoms with E-state index in [1.54, 1.807) is 0 Å². The van der Waals surface area contributed by atoms with Crippen molar-refractivity contribution in [1.29, 1.82) is 0 Å². The van der Waals surface area contributed by atoms with Gasteiger partial charge in [0.05, 0.1) is 12.1 Å². The number of carbonyl (C=O) groups is 2. The number of hydrogen-bond acceptors (Lipinski definition) is 3. The molecule has 0 aromatic rings. The van der Waals surface area contributed by atoms with Crippen molar-refractivity contribution < 1.29 is 14.3 Å². The molecule has 4 rings (SSSR count). The minimum Gasteiger partial charge on any atom is -0.376 e. The van der Waals surface area contributed by atoms with Gasteiger partial charge in [0.2, 0.25) is 11.8 Å². The summed E-state index contributed by atoms with van der Waals surface area (Å²) in [6.07, 6.45) is 8.11. The number of nitrogens with zero attached hydrogens (tertiary/aromatic N) is 2. The SMILES string of the molecule is O=C([C@@H]1C[C@@H]2OCC[C@@H]2N1C(=O)CC1CCC1)N1CCCC1. The van der Waals surface area contributed by atoms with Gasteiger partial charge in [0, 0.05) is 32.5 Å². The number of rotatable bonds is 3. The molecule has 3 aliphatic heterocycles. The first-order valence-electron chi connectivity index (χ1n) is 8.95. The highest BCUT2D eigenvalue weighted by Crippen LogP contribution is 2.37. The van der Waals surface area contributed by atoms with Gasteiger partial charge in [-0.25, -0.2) is 0 Å². The van der Waals surface area contributed by atoms with Crippen molar-refractivity contribution in [2.45, 2.75) is 69.6 Å². The zero-order chi connectivity index (χ0) is 15.1. The fourth-order valence-corrected chi connectivity index (χ4v) is 4.52. The Hall–Kier alpha value is -1.10. The number of amides is 2. The summed E-state index contributed by atoms with van der Waals surface area (Å²) in [5, 5.41) is 0. The number of likely N-dealkylation sites (tertiary alicyclic amines) is 2. The molecule has 3 heterocycles. The monoisotopic (exact) mass is 306 g/mol. The maximum Gasteiger partial charge on any atom is 0.245 e. The van der Waals surface area contributed by atoms with Gasteiger partial charge in [0.1, 0.15) is 6.04 Å². The molecule has 4 fully saturated rings. The van der Waals surface area contributed by atoms with Crippen molar-refractivity contribution in [2.75, 3.05) is 19.7 Å². The van der Waals surface area contributed by atoms with Gasteiger partial charge < -0.3 is 14.5 Å². The van der Waals surface area contributed by atoms with E-state index < -0.39 is 0 Å². The maximum absolute atomic E-state index is 12.8. The molecule has 0 bridgehead atoms. The van der Waals surface area contributed by atoms with Gasteiger partial charge in [0.15, 0.2) is 0 Å². The van der Waals surface area contributed by atoms with E-state index in [0.717, 1.165) is 39.0 Å². The van der Waals surface area contributed by atoms with Crippen LogP contribution in [0.25, 0.3) is 0 Å². The van der Waals surface area contributed by atoms with E-state index >= 15 is 0 Å². The largest absolute Gasteiger partial charge is 0.376 e. The predicted octanol–water partition coefficient (Wildman–Crippen LogP) is 1.56. The summed E-state index contributed by atoms with van der Waals surface area (Å²) >= 11 is 0. The Balaban J connectivity index is 1.50. The van der Waals surface area contributed by atoms with E-state index in [-0.39, 0.29) is 30.0 Å². The molecule has 0 radical (unpaired) electrons. The highest BCUT2D eigenvalue weighted by molar-refractivity contribution is 5.89. The zero-order valence-corrected chi connectivity index (χ0v) is 13.2. The van der Waals surface area contributed by atoms with Crippen LogP contribution in [0.4, 0.5) is 0 Å². The molecule has 0 aromatic heterocycles. The smallest absolute Gasteiger partial charge is 0.245 e. The lowest BCUT2D eigenvalue weighted by atomic mass is 9.82. The lowest BCUT2D eigenvalue weighted by Gasteiger charge is -2.33. The zero-order valence-electron chi connectivity index (χ0n) is 13.2. The van der Waals surface area contributed by atoms with Gasteiger partial charge in [-0.1, -0.05) is 6.42 Å². The minimum atomic E-state index is -0.263. The minimum absolute atomic E-state index is 0.0851. The average Bonchev–Trinajstić information content (AvgIpc) is 3.16. The van der Waals surface area contributed by atoms with Gasteiger partial charge >= 0.3 is 0 Å². The van der Waals surface area contributed by atoms with E-state index in [4.69, 9.17) is 4.74 Å². The summed E-state index contributed by atoms with van der Waals surface area (Å²) in [4.78, 5) is 29.5. The fraction of sp³-hybridized carbons (Fsp3) is 0.882. The van der Waals surface area contributed by atoms with Crippen LogP contribution in [-0.2, 0) is 14.3 Å². The van der Waals surface area contributed by atoms with Gasteiger partial charge in [-0.15, -0.1) is 0 Å². The Morgan fingerprint density at radius 1 is 1.05 bits per heavy atom. The van der Waals surface area contributed by atoms with E-state index in [1.807, 2.05) is 9.80 Å². The first kappa shape index (κ1) is 14.5. The van der Waals surface area contributed by atoms with Crippen LogP contribution in [0.3, 0.4) is 0 Å². The molecule has 1 saturated carbocycles. The van der Waals surface area contributed by atoms with E-state index in [0.29, 0.717) is 18.8 Å². The quantitative estimate of drug-likeness (QED) is 0.795. The van der Waals surface area contributed by atoms with E-state index in [9.17, 15) is 9.59 Å². The Morgan fingerprint density at radius 3 is 2.50 bits per heavy atom. The highest BCUT2D eigenvalue weighted by atomic mass is 16.5. The fourth-order valence-electron chi connectivity index (χ4n) is 4.52. The summed E-state index contributed by atoms with van der Waals surface area (Å²) < 4.78 is 5.78. The normalized spacial score (nSPS) is 34.8. The summed E-state index contributed by atoms with van der Waals surface area (Å²) in [7, 11) is 0. The molecular formula is C17H26N2O3. The van der Waals surface area contributed by atoms with Crippen LogP contribution < -0.4 is 0 Å². The molecule has 0 spiro atoms. The molecule has 3 atom stereocenters. The molecule has 0 unspecified atom stereocenters. The summed E-state index contributed by atoms with van der Waals surface area (Å²) in [6.45, 7) is 2.44. The Labute approximate surface area is 132 Å². The van der Waals surface area contributed by atoms with Gasteiger partial charge in [0.25, 0.3) is 0 Å². The molecule has 5 nitrogen and oxygen atoms in total. The maximum atomic E-state index is 12.8. The molecule has 5 heteroatoms. The molecule has 122 valence electrons. The lowest BCUT2D eigenvalue weighted by Crippen LogP contribution is -2.50. The van der Waals surface area contributed by atoms with Crippen molar-refractivity contribution >= 4 is 11.8 Å². The van der Waals surface area contributed by atoms with E-state index in [2.05, 4.69) is 0 Å². The van der Waals surface area contributed by atoms with Crippen molar-refractivity contribution in [3.8, 4) is 0 Å². The molecule has 22 heavy (non-hydrogen) atoms. The second kappa shape index (κ2) is 5.84. The van der Waals surface area contributed by atoms with Crippen LogP contribution in [0.15, 0.2) is 0 Å². The molecular weight excluding hydrogens is 280 g/mol. The van der Waals surface area contributed by atoms with Gasteiger partial charge in [-0.2, -0.15) is 0 Å². The summed E-state index contributed by atoms with van der Waals surface area (Å²) in [5.41, 5.74) is 0. The average molecular weight is 306 g/mol. The molecule has 0 aromatic carbocycles. The third kappa shape index (κ3) is 2.43. The second-order valence-electron chi connectivity index (χ2n) is 7.35. The Morgan fingerprint density at radius 2 is 1.82 bits per heavy atom. The molecule has 1 aliphatic carbocycles. The van der Waals surface area contributed by atoms with Crippen molar-refractivity contribution in [3.63, 3.8) is 0 Å². The van der Waals surface area contributed by atoms with Crippen LogP contribution >= 0.6 is 0 Å². The topological polar surface area (TPSA) is 49.9 Å². The lowest BCUT2D eigenvalue weighted by molar-refractivity contribution is -0.145. The second-order valence-corrected chi connectivity index (χ2v) is 7.35. The first-order chi connectivity index (χ1) is 10.7. The number of carbonyl (C=O) groups excluding carboxylic acids is 2. The van der Waals surface area contributed by atoms with Crippen molar-refractivity contribution in [3.05, 3.63) is 0 Å². The Bertz CT molecular complexity index is 457. The van der Waals surface area contributed by atoms with Crippen LogP contribution in [0.5, 0.6) is 0 Å². The Kier molecular flexibility index (Phi) is 3.84. The number of fused-ring (bicyclic) bond motifs is 1. The first-order valence-corrected chi connectivity index (χ1v) is 8.95. The van der Waals surface area contributed by atoms with Crippen LogP contribution in [0.1, 0.15) is 51.4 Å². The van der Waals surface area contributed by atoms with E-state index in [1.165, 1.54) is 19.3 Å². The molecule has 4 aliphatic rings. The predicted molar refractivity (Wildman–Crippen MR) is 81.2 cm³/mol. The number of ether oxygens (including phenoxy) is 1. The molecule has 0 N–H and O–H groups in total. The van der Waals surface area contributed by atoms with Crippen molar-refractivity contribution in [1.82, 2.24) is 9.80 Å². The van der Waals surface area contributed by atoms with Crippen molar-refractivity contribution in [2.24, 2.45) is 5.92 Å². The molecule has 2 amide bonds. The summed E-state index contributed by atoms with van der Waals surface area (Å²) in [6, 6.07) is -0.120. The summed E-state index contributed by atoms with van der Waals surface area (Å²) in [5.74, 6) is 0.911. The van der Waals surface area contributed by atoms with Gasteiger partial charge in [-0.05, 0) is 38.0 Å². The number of hydrogen-bond donors (Lipinski definition) is 0. The highest BCUT2D eigenvalue weighted by Gasteiger charge is 2.50. The van der Waals surface area contributed by atoms with Crippen LogP contribution in [0, 0.1) is 5.92 Å². The van der Waals surface area contributed by atoms with Gasteiger partial charge in [-0.3, -0.25) is 9.59 Å². The third-order valence-corrected chi connectivity index (χ3v) is 6.00. The standard InChI is InChI=1S/C17H26N2O3/c20-16(10-12-4-3-5-12)19-13-6-9-22-15(13)11-14(19)17(21)18-7-1-2-8-18/h12-15H,1-11H2/t13-,14-,15-/m0/s1.